The predicted molar refractivity (Wildman–Crippen MR) is 119 cm³/mol. The van der Waals surface area contributed by atoms with Gasteiger partial charge in [-0.2, -0.15) is 0 Å². The van der Waals surface area contributed by atoms with Gasteiger partial charge in [-0.05, 0) is 56.2 Å². The average molecular weight is 349 g/mol. The molecule has 0 N–H and O–H groups in total. The largest absolute Gasteiger partial charge is 0.377 e. The van der Waals surface area contributed by atoms with Crippen LogP contribution in [-0.2, 0) is 0 Å². The average Bonchev–Trinajstić information content (AvgIpc) is 2.67. The Labute approximate surface area is 162 Å². The molecule has 0 saturated carbocycles. The van der Waals surface area contributed by atoms with Crippen LogP contribution in [0.4, 0.5) is 5.69 Å². The summed E-state index contributed by atoms with van der Waals surface area (Å²) in [7, 11) is 0. The van der Waals surface area contributed by atoms with E-state index in [-0.39, 0.29) is 6.85 Å². The Bertz CT molecular complexity index is 1030. The Morgan fingerprint density at radius 3 is 2.07 bits per heavy atom. The highest BCUT2D eigenvalue weighted by Gasteiger charge is 2.29. The number of allylic oxidation sites excluding steroid dienone is 2. The first kappa shape index (κ1) is 17.4. The van der Waals surface area contributed by atoms with E-state index in [0.717, 1.165) is 0 Å². The topological polar surface area (TPSA) is 3.24 Å². The lowest BCUT2D eigenvalue weighted by molar-refractivity contribution is 1.34. The van der Waals surface area contributed by atoms with Crippen LogP contribution in [0, 0.1) is 20.8 Å². The van der Waals surface area contributed by atoms with E-state index in [4.69, 9.17) is 0 Å². The maximum Gasteiger partial charge on any atom is 0.320 e. The van der Waals surface area contributed by atoms with Gasteiger partial charge in [0.25, 0.3) is 0 Å². The molecule has 0 aliphatic carbocycles. The van der Waals surface area contributed by atoms with Crippen molar-refractivity contribution in [3.05, 3.63) is 113 Å². The predicted octanol–water partition coefficient (Wildman–Crippen LogP) is 5.47. The van der Waals surface area contributed by atoms with E-state index in [1.807, 2.05) is 0 Å². The van der Waals surface area contributed by atoms with Crippen molar-refractivity contribution in [2.45, 2.75) is 20.8 Å². The molecule has 1 nitrogen and oxygen atoms in total. The molecule has 0 aromatic heterocycles. The van der Waals surface area contributed by atoms with Gasteiger partial charge in [0.1, 0.15) is 0 Å². The van der Waals surface area contributed by atoms with Crippen molar-refractivity contribution in [2.75, 3.05) is 4.81 Å². The molecule has 4 rings (SSSR count). The van der Waals surface area contributed by atoms with Gasteiger partial charge in [0, 0.05) is 11.4 Å². The zero-order valence-corrected chi connectivity index (χ0v) is 16.2. The van der Waals surface area contributed by atoms with E-state index in [1.54, 1.807) is 0 Å². The number of benzene rings is 3. The van der Waals surface area contributed by atoms with E-state index < -0.39 is 0 Å². The third kappa shape index (κ3) is 3.61. The molecule has 0 unspecified atom stereocenters. The molecule has 0 fully saturated rings. The number of hydrogen-bond acceptors (Lipinski definition) is 1. The third-order valence-corrected chi connectivity index (χ3v) is 5.06. The first-order valence-corrected chi connectivity index (χ1v) is 9.50. The summed E-state index contributed by atoms with van der Waals surface area (Å²) in [5.74, 6) is 2.29. The Hall–Kier alpha value is -3.00. The molecule has 0 atom stereocenters. The van der Waals surface area contributed by atoms with Crippen LogP contribution in [0.15, 0.2) is 90.9 Å². The third-order valence-electron chi connectivity index (χ3n) is 5.06. The smallest absolute Gasteiger partial charge is 0.320 e. The summed E-state index contributed by atoms with van der Waals surface area (Å²) in [5.41, 5.74) is 8.85. The standard InChI is InChI=1S/C25H24BN/c1-19-8-4-11-22(16-19)25-14-7-15-26(23-12-5-9-20(2)17-23)27(25)24-13-6-10-21(3)18-24/h4-18H,1-3H3. The molecular formula is C25H24BN. The Balaban J connectivity index is 1.87. The summed E-state index contributed by atoms with van der Waals surface area (Å²) >= 11 is 0. The highest BCUT2D eigenvalue weighted by molar-refractivity contribution is 6.83. The van der Waals surface area contributed by atoms with Crippen LogP contribution in [0.1, 0.15) is 22.3 Å². The van der Waals surface area contributed by atoms with Gasteiger partial charge in [-0.3, -0.25) is 0 Å². The Morgan fingerprint density at radius 1 is 0.704 bits per heavy atom. The summed E-state index contributed by atoms with van der Waals surface area (Å²) in [6.45, 7) is 6.63. The van der Waals surface area contributed by atoms with E-state index in [1.165, 1.54) is 39.1 Å². The summed E-state index contributed by atoms with van der Waals surface area (Å²) in [6.07, 6.45) is 4.42. The number of nitrogens with zero attached hydrogens (tertiary/aromatic N) is 1. The first-order chi connectivity index (χ1) is 13.1. The van der Waals surface area contributed by atoms with E-state index in [0.29, 0.717) is 0 Å². The second-order valence-electron chi connectivity index (χ2n) is 7.37. The fourth-order valence-electron chi connectivity index (χ4n) is 3.80. The molecule has 3 aromatic carbocycles. The van der Waals surface area contributed by atoms with E-state index >= 15 is 0 Å². The quantitative estimate of drug-likeness (QED) is 0.567. The van der Waals surface area contributed by atoms with Crippen molar-refractivity contribution in [1.29, 1.82) is 0 Å². The van der Waals surface area contributed by atoms with Crippen molar-refractivity contribution in [2.24, 2.45) is 0 Å². The SMILES string of the molecule is Cc1cccc(B2C=CC=C(c3cccc(C)c3)N2c2cccc(C)c2)c1. The molecule has 1 aliphatic heterocycles. The van der Waals surface area contributed by atoms with Crippen molar-refractivity contribution >= 4 is 23.7 Å². The van der Waals surface area contributed by atoms with Crippen molar-refractivity contribution < 1.29 is 0 Å². The van der Waals surface area contributed by atoms with Gasteiger partial charge in [-0.15, -0.1) is 0 Å². The minimum Gasteiger partial charge on any atom is -0.377 e. The van der Waals surface area contributed by atoms with Crippen LogP contribution in [0.3, 0.4) is 0 Å². The lowest BCUT2D eigenvalue weighted by Crippen LogP contribution is -2.47. The van der Waals surface area contributed by atoms with Gasteiger partial charge in [-0.25, -0.2) is 0 Å². The lowest BCUT2D eigenvalue weighted by atomic mass is 9.52. The molecule has 0 saturated heterocycles. The molecule has 0 bridgehead atoms. The summed E-state index contributed by atoms with van der Waals surface area (Å²) in [6, 6.07) is 26.4. The monoisotopic (exact) mass is 349 g/mol. The van der Waals surface area contributed by atoms with Crippen LogP contribution in [0.5, 0.6) is 0 Å². The Kier molecular flexibility index (Phi) is 4.72. The molecule has 132 valence electrons. The van der Waals surface area contributed by atoms with Crippen molar-refractivity contribution in [1.82, 2.24) is 0 Å². The molecule has 27 heavy (non-hydrogen) atoms. The second-order valence-corrected chi connectivity index (χ2v) is 7.37. The van der Waals surface area contributed by atoms with Gasteiger partial charge in [0.2, 0.25) is 0 Å². The normalized spacial score (nSPS) is 13.7. The van der Waals surface area contributed by atoms with E-state index in [2.05, 4.69) is 117 Å². The maximum absolute atomic E-state index is 2.45. The number of hydrogen-bond donors (Lipinski definition) is 0. The Morgan fingerprint density at radius 2 is 1.37 bits per heavy atom. The van der Waals surface area contributed by atoms with Gasteiger partial charge < -0.3 is 4.81 Å². The minimum absolute atomic E-state index is 0.173. The van der Waals surface area contributed by atoms with Gasteiger partial charge >= 0.3 is 6.85 Å². The highest BCUT2D eigenvalue weighted by Crippen LogP contribution is 2.31. The zero-order chi connectivity index (χ0) is 18.8. The van der Waals surface area contributed by atoms with Crippen LogP contribution >= 0.6 is 0 Å². The highest BCUT2D eigenvalue weighted by atomic mass is 15.1. The summed E-state index contributed by atoms with van der Waals surface area (Å²) in [4.78, 5) is 2.45. The van der Waals surface area contributed by atoms with Gasteiger partial charge in [0.05, 0.1) is 0 Å². The molecule has 1 aliphatic rings. The van der Waals surface area contributed by atoms with Crippen molar-refractivity contribution in [3.8, 4) is 0 Å². The van der Waals surface area contributed by atoms with Crippen molar-refractivity contribution in [3.63, 3.8) is 0 Å². The fraction of sp³-hybridized carbons (Fsp3) is 0.120. The number of anilines is 1. The molecular weight excluding hydrogens is 325 g/mol. The van der Waals surface area contributed by atoms with E-state index in [9.17, 15) is 0 Å². The van der Waals surface area contributed by atoms with Gasteiger partial charge in [-0.1, -0.05) is 83.2 Å². The number of aryl methyl sites for hydroxylation is 3. The molecule has 0 spiro atoms. The van der Waals surface area contributed by atoms with Crippen LogP contribution in [0.25, 0.3) is 5.70 Å². The minimum atomic E-state index is 0.173. The second kappa shape index (κ2) is 7.32. The van der Waals surface area contributed by atoms with Crippen LogP contribution < -0.4 is 10.3 Å². The summed E-state index contributed by atoms with van der Waals surface area (Å²) < 4.78 is 0. The maximum atomic E-state index is 2.45. The first-order valence-electron chi connectivity index (χ1n) is 9.50. The molecule has 1 heterocycles. The molecule has 0 radical (unpaired) electrons. The van der Waals surface area contributed by atoms with Crippen LogP contribution in [0.2, 0.25) is 0 Å². The lowest BCUT2D eigenvalue weighted by Gasteiger charge is -2.35. The number of rotatable bonds is 3. The molecule has 3 aromatic rings. The molecule has 2 heteroatoms. The fourth-order valence-corrected chi connectivity index (χ4v) is 3.80. The zero-order valence-electron chi connectivity index (χ0n) is 16.2. The van der Waals surface area contributed by atoms with Crippen LogP contribution in [-0.4, -0.2) is 6.85 Å². The molecule has 0 amide bonds. The van der Waals surface area contributed by atoms with Gasteiger partial charge in [0.15, 0.2) is 0 Å². The summed E-state index contributed by atoms with van der Waals surface area (Å²) in [5, 5.41) is 0.